The molecule has 0 unspecified atom stereocenters. The monoisotopic (exact) mass is 383 g/mol. The van der Waals surface area contributed by atoms with Gasteiger partial charge in [-0.25, -0.2) is 4.98 Å². The molecule has 1 aliphatic heterocycles. The summed E-state index contributed by atoms with van der Waals surface area (Å²) in [6.07, 6.45) is 2.09. The van der Waals surface area contributed by atoms with Gasteiger partial charge in [-0.3, -0.25) is 4.79 Å². The lowest BCUT2D eigenvalue weighted by molar-refractivity contribution is 0.0746. The van der Waals surface area contributed by atoms with E-state index in [9.17, 15) is 4.79 Å². The lowest BCUT2D eigenvalue weighted by Gasteiger charge is -2.34. The Hall–Kier alpha value is -2.05. The van der Waals surface area contributed by atoms with E-state index in [1.165, 1.54) is 9.60 Å². The van der Waals surface area contributed by atoms with Gasteiger partial charge >= 0.3 is 0 Å². The number of thioether (sulfide) groups is 1. The minimum Gasteiger partial charge on any atom is -0.345 e. The summed E-state index contributed by atoms with van der Waals surface area (Å²) in [5, 5.41) is 1.06. The normalized spacial score (nSPS) is 14.8. The third-order valence-electron chi connectivity index (χ3n) is 4.80. The third kappa shape index (κ3) is 3.19. The second kappa shape index (κ2) is 7.29. The van der Waals surface area contributed by atoms with Crippen molar-refractivity contribution >= 4 is 44.4 Å². The van der Waals surface area contributed by atoms with Crippen molar-refractivity contribution in [1.82, 2.24) is 9.88 Å². The van der Waals surface area contributed by atoms with Crippen molar-refractivity contribution in [3.63, 3.8) is 0 Å². The number of para-hydroxylation sites is 1. The van der Waals surface area contributed by atoms with Gasteiger partial charge < -0.3 is 9.80 Å². The minimum absolute atomic E-state index is 0.136. The van der Waals surface area contributed by atoms with E-state index >= 15 is 0 Å². The predicted molar refractivity (Wildman–Crippen MR) is 111 cm³/mol. The fraction of sp³-hybridized carbons (Fsp3) is 0.300. The summed E-state index contributed by atoms with van der Waals surface area (Å²) in [6, 6.07) is 14.2. The van der Waals surface area contributed by atoms with Crippen LogP contribution in [0.5, 0.6) is 0 Å². The van der Waals surface area contributed by atoms with Crippen LogP contribution < -0.4 is 4.90 Å². The van der Waals surface area contributed by atoms with Crippen molar-refractivity contribution in [2.45, 2.75) is 11.8 Å². The van der Waals surface area contributed by atoms with Crippen LogP contribution in [0.4, 0.5) is 5.13 Å². The number of carbonyl (C=O) groups excluding carboxylic acids is 1. The number of hydrogen-bond donors (Lipinski definition) is 0. The largest absolute Gasteiger partial charge is 0.345 e. The highest BCUT2D eigenvalue weighted by atomic mass is 32.2. The molecule has 0 aliphatic carbocycles. The molecule has 4 rings (SSSR count). The number of piperazine rings is 1. The van der Waals surface area contributed by atoms with Crippen LogP contribution in [0.1, 0.15) is 15.9 Å². The fourth-order valence-electron chi connectivity index (χ4n) is 3.30. The van der Waals surface area contributed by atoms with Crippen LogP contribution in [0.2, 0.25) is 0 Å². The molecule has 134 valence electrons. The molecule has 0 N–H and O–H groups in total. The number of nitrogens with zero attached hydrogens (tertiary/aromatic N) is 3. The van der Waals surface area contributed by atoms with Crippen LogP contribution in [0.25, 0.3) is 10.2 Å². The number of anilines is 1. The summed E-state index contributed by atoms with van der Waals surface area (Å²) in [5.41, 5.74) is 2.94. The van der Waals surface area contributed by atoms with Crippen molar-refractivity contribution in [3.8, 4) is 0 Å². The molecule has 0 bridgehead atoms. The smallest absolute Gasteiger partial charge is 0.254 e. The van der Waals surface area contributed by atoms with Crippen LogP contribution in [0.3, 0.4) is 0 Å². The lowest BCUT2D eigenvalue weighted by atomic mass is 10.1. The summed E-state index contributed by atoms with van der Waals surface area (Å²) < 4.78 is 1.23. The first-order valence-corrected chi connectivity index (χ1v) is 10.7. The predicted octanol–water partition coefficient (Wildman–Crippen LogP) is 4.29. The molecule has 0 spiro atoms. The Labute approximate surface area is 161 Å². The van der Waals surface area contributed by atoms with Gasteiger partial charge in [0.15, 0.2) is 5.13 Å². The molecule has 6 heteroatoms. The fourth-order valence-corrected chi connectivity index (χ4v) is 4.97. The van der Waals surface area contributed by atoms with Crippen LogP contribution in [0, 0.1) is 6.92 Å². The minimum atomic E-state index is 0.136. The molecule has 1 fully saturated rings. The van der Waals surface area contributed by atoms with Gasteiger partial charge in [-0.2, -0.15) is 0 Å². The van der Waals surface area contributed by atoms with Gasteiger partial charge in [0.05, 0.1) is 10.2 Å². The molecular weight excluding hydrogens is 362 g/mol. The Morgan fingerprint density at radius 3 is 2.58 bits per heavy atom. The van der Waals surface area contributed by atoms with Crippen molar-refractivity contribution < 1.29 is 4.79 Å². The van der Waals surface area contributed by atoms with Gasteiger partial charge in [-0.1, -0.05) is 35.6 Å². The topological polar surface area (TPSA) is 36.4 Å². The van der Waals surface area contributed by atoms with Gasteiger partial charge in [0, 0.05) is 36.6 Å². The van der Waals surface area contributed by atoms with Gasteiger partial charge in [-0.15, -0.1) is 11.8 Å². The zero-order valence-corrected chi connectivity index (χ0v) is 16.6. The molecule has 1 saturated heterocycles. The number of carbonyl (C=O) groups is 1. The first kappa shape index (κ1) is 17.4. The van der Waals surface area contributed by atoms with Crippen molar-refractivity contribution in [2.75, 3.05) is 37.3 Å². The molecule has 0 radical (unpaired) electrons. The summed E-state index contributed by atoms with van der Waals surface area (Å²) in [5.74, 6) is 0.136. The molecule has 0 atom stereocenters. The molecule has 26 heavy (non-hydrogen) atoms. The molecule has 3 aromatic rings. The first-order chi connectivity index (χ1) is 12.7. The van der Waals surface area contributed by atoms with E-state index in [-0.39, 0.29) is 5.91 Å². The quantitative estimate of drug-likeness (QED) is 0.632. The van der Waals surface area contributed by atoms with E-state index < -0.39 is 0 Å². The van der Waals surface area contributed by atoms with Crippen LogP contribution in [0.15, 0.2) is 47.4 Å². The number of rotatable bonds is 3. The third-order valence-corrected chi connectivity index (χ3v) is 6.65. The number of hydrogen-bond acceptors (Lipinski definition) is 5. The Bertz CT molecular complexity index is 945. The van der Waals surface area contributed by atoms with Gasteiger partial charge in [0.1, 0.15) is 0 Å². The van der Waals surface area contributed by atoms with Crippen LogP contribution >= 0.6 is 23.1 Å². The molecule has 1 aliphatic rings. The molecule has 2 heterocycles. The zero-order chi connectivity index (χ0) is 18.1. The number of fused-ring (bicyclic) bond motifs is 1. The highest BCUT2D eigenvalue weighted by molar-refractivity contribution is 7.98. The zero-order valence-electron chi connectivity index (χ0n) is 14.9. The molecular formula is C20H21N3OS2. The average Bonchev–Trinajstić information content (AvgIpc) is 3.12. The second-order valence-electron chi connectivity index (χ2n) is 6.40. The average molecular weight is 384 g/mol. The van der Waals surface area contributed by atoms with Crippen molar-refractivity contribution in [2.24, 2.45) is 0 Å². The summed E-state index contributed by atoms with van der Waals surface area (Å²) in [4.78, 5) is 23.1. The number of amides is 1. The maximum Gasteiger partial charge on any atom is 0.254 e. The van der Waals surface area contributed by atoms with Gasteiger partial charge in [0.2, 0.25) is 0 Å². The highest BCUT2D eigenvalue weighted by Gasteiger charge is 2.24. The van der Waals surface area contributed by atoms with E-state index in [2.05, 4.69) is 29.4 Å². The summed E-state index contributed by atoms with van der Waals surface area (Å²) in [7, 11) is 0. The molecule has 0 saturated carbocycles. The first-order valence-electron chi connectivity index (χ1n) is 8.71. The summed E-state index contributed by atoms with van der Waals surface area (Å²) >= 11 is 3.47. The van der Waals surface area contributed by atoms with E-state index in [1.807, 2.05) is 36.1 Å². The standard InChI is InChI=1S/C20H21N3OS2/c1-14-6-3-4-7-15(14)19(24)22-10-12-23(13-11-22)20-21-18-16(25-2)8-5-9-17(18)26-20/h3-9H,10-13H2,1-2H3. The Balaban J connectivity index is 1.49. The Kier molecular flexibility index (Phi) is 4.87. The van der Waals surface area contributed by atoms with E-state index in [1.54, 1.807) is 23.1 Å². The highest BCUT2D eigenvalue weighted by Crippen LogP contribution is 2.34. The molecule has 2 aromatic carbocycles. The Morgan fingerprint density at radius 2 is 1.85 bits per heavy atom. The van der Waals surface area contributed by atoms with Crippen molar-refractivity contribution in [3.05, 3.63) is 53.6 Å². The SMILES string of the molecule is CSc1cccc2sc(N3CCN(C(=O)c4ccccc4C)CC3)nc12. The van der Waals surface area contributed by atoms with E-state index in [0.29, 0.717) is 0 Å². The lowest BCUT2D eigenvalue weighted by Crippen LogP contribution is -2.48. The molecule has 1 amide bonds. The molecule has 4 nitrogen and oxygen atoms in total. The van der Waals surface area contributed by atoms with Crippen LogP contribution in [-0.4, -0.2) is 48.2 Å². The van der Waals surface area contributed by atoms with Crippen LogP contribution in [-0.2, 0) is 0 Å². The van der Waals surface area contributed by atoms with Crippen molar-refractivity contribution in [1.29, 1.82) is 0 Å². The summed E-state index contributed by atoms with van der Waals surface area (Å²) in [6.45, 7) is 5.11. The molecule has 1 aromatic heterocycles. The maximum atomic E-state index is 12.8. The second-order valence-corrected chi connectivity index (χ2v) is 8.25. The number of thiazole rings is 1. The Morgan fingerprint density at radius 1 is 1.08 bits per heavy atom. The van der Waals surface area contributed by atoms with Gasteiger partial charge in [0.25, 0.3) is 5.91 Å². The van der Waals surface area contributed by atoms with E-state index in [0.717, 1.165) is 48.0 Å². The maximum absolute atomic E-state index is 12.8. The van der Waals surface area contributed by atoms with E-state index in [4.69, 9.17) is 4.98 Å². The van der Waals surface area contributed by atoms with Gasteiger partial charge in [-0.05, 0) is 36.9 Å². The number of benzene rings is 2. The number of aryl methyl sites for hydroxylation is 1. The number of aromatic nitrogens is 1.